The van der Waals surface area contributed by atoms with E-state index in [1.807, 2.05) is 42.2 Å². The highest BCUT2D eigenvalue weighted by atomic mass is 127. The maximum atomic E-state index is 11.8. The molecule has 31 heavy (non-hydrogen) atoms. The summed E-state index contributed by atoms with van der Waals surface area (Å²) in [6.45, 7) is 4.79. The second-order valence-corrected chi connectivity index (χ2v) is 7.86. The number of ether oxygens (including phenoxy) is 1. The fourth-order valence-electron chi connectivity index (χ4n) is 3.36. The van der Waals surface area contributed by atoms with E-state index in [4.69, 9.17) is 16.3 Å². The quantitative estimate of drug-likeness (QED) is 0.290. The van der Waals surface area contributed by atoms with Gasteiger partial charge in [0.1, 0.15) is 11.9 Å². The molecule has 168 valence electrons. The Kier molecular flexibility index (Phi) is 10.4. The third-order valence-electron chi connectivity index (χ3n) is 4.93. The van der Waals surface area contributed by atoms with Crippen molar-refractivity contribution in [2.75, 3.05) is 20.1 Å². The van der Waals surface area contributed by atoms with Crippen molar-refractivity contribution in [1.29, 1.82) is 0 Å². The molecule has 1 aliphatic rings. The summed E-state index contributed by atoms with van der Waals surface area (Å²) in [5, 5.41) is 7.30. The summed E-state index contributed by atoms with van der Waals surface area (Å²) in [5.74, 6) is 1.74. The number of hydrogen-bond acceptors (Lipinski definition) is 3. The van der Waals surface area contributed by atoms with Gasteiger partial charge >= 0.3 is 0 Å². The van der Waals surface area contributed by atoms with Gasteiger partial charge in [0.05, 0.1) is 6.54 Å². The Hall–Kier alpha value is -2.00. The van der Waals surface area contributed by atoms with Gasteiger partial charge in [-0.15, -0.1) is 24.0 Å². The molecule has 2 N–H and O–H groups in total. The van der Waals surface area contributed by atoms with E-state index in [9.17, 15) is 4.79 Å². The van der Waals surface area contributed by atoms with Gasteiger partial charge in [-0.2, -0.15) is 0 Å². The zero-order chi connectivity index (χ0) is 21.3. The normalized spacial score (nSPS) is 14.7. The van der Waals surface area contributed by atoms with Crippen molar-refractivity contribution in [2.45, 2.75) is 39.0 Å². The third kappa shape index (κ3) is 8.22. The van der Waals surface area contributed by atoms with Crippen LogP contribution >= 0.6 is 35.6 Å². The molecule has 3 rings (SSSR count). The molecule has 1 atom stereocenters. The molecule has 1 fully saturated rings. The van der Waals surface area contributed by atoms with Crippen molar-refractivity contribution >= 4 is 47.4 Å². The van der Waals surface area contributed by atoms with Crippen molar-refractivity contribution in [3.63, 3.8) is 0 Å². The van der Waals surface area contributed by atoms with Gasteiger partial charge in [-0.25, -0.2) is 0 Å². The summed E-state index contributed by atoms with van der Waals surface area (Å²) >= 11 is 5.90. The molecular formula is C23H30ClIN4O2. The standard InChI is InChI=1S/C23H29ClN4O2.HI/c1-17(30-21-10-8-20(24)9-11-21)14-26-23(25-2)27-15-18-5-3-6-19(13-18)16-28-12-4-7-22(28)29;/h3,5-6,8-11,13,17H,4,7,12,14-16H2,1-2H3,(H2,25,26,27);1H. The number of carbonyl (C=O) groups is 1. The molecule has 0 aliphatic carbocycles. The first-order valence-corrected chi connectivity index (χ1v) is 10.6. The molecule has 0 bridgehead atoms. The van der Waals surface area contributed by atoms with Crippen molar-refractivity contribution in [3.05, 3.63) is 64.7 Å². The summed E-state index contributed by atoms with van der Waals surface area (Å²) in [6, 6.07) is 15.6. The average Bonchev–Trinajstić information content (AvgIpc) is 3.14. The van der Waals surface area contributed by atoms with Crippen molar-refractivity contribution in [3.8, 4) is 5.75 Å². The van der Waals surface area contributed by atoms with E-state index >= 15 is 0 Å². The van der Waals surface area contributed by atoms with Gasteiger partial charge in [-0.3, -0.25) is 9.79 Å². The van der Waals surface area contributed by atoms with E-state index in [1.165, 1.54) is 0 Å². The van der Waals surface area contributed by atoms with Gasteiger partial charge < -0.3 is 20.3 Å². The van der Waals surface area contributed by atoms with E-state index in [0.29, 0.717) is 37.0 Å². The van der Waals surface area contributed by atoms with Crippen molar-refractivity contribution < 1.29 is 9.53 Å². The predicted octanol–water partition coefficient (Wildman–Crippen LogP) is 4.21. The topological polar surface area (TPSA) is 66.0 Å². The molecule has 1 saturated heterocycles. The number of guanidine groups is 1. The minimum atomic E-state index is -0.0361. The van der Waals surface area contributed by atoms with E-state index < -0.39 is 0 Å². The van der Waals surface area contributed by atoms with Crippen LogP contribution in [0.1, 0.15) is 30.9 Å². The molecule has 0 radical (unpaired) electrons. The van der Waals surface area contributed by atoms with Gasteiger partial charge in [0.2, 0.25) is 5.91 Å². The number of rotatable bonds is 8. The molecular weight excluding hydrogens is 527 g/mol. The lowest BCUT2D eigenvalue weighted by atomic mass is 10.1. The Morgan fingerprint density at radius 3 is 2.61 bits per heavy atom. The van der Waals surface area contributed by atoms with Crippen LogP contribution in [0.2, 0.25) is 5.02 Å². The van der Waals surface area contributed by atoms with Gasteiger partial charge in [0.15, 0.2) is 5.96 Å². The van der Waals surface area contributed by atoms with Gasteiger partial charge in [0, 0.05) is 38.1 Å². The number of nitrogens with one attached hydrogen (secondary N) is 2. The second-order valence-electron chi connectivity index (χ2n) is 7.43. The first-order chi connectivity index (χ1) is 14.5. The molecule has 0 spiro atoms. The Morgan fingerprint density at radius 2 is 1.94 bits per heavy atom. The van der Waals surface area contributed by atoms with Crippen LogP contribution < -0.4 is 15.4 Å². The molecule has 0 aromatic heterocycles. The number of carbonyl (C=O) groups excluding carboxylic acids is 1. The molecule has 2 aromatic carbocycles. The lowest BCUT2D eigenvalue weighted by Crippen LogP contribution is -2.41. The molecule has 1 unspecified atom stereocenters. The fraction of sp³-hybridized carbons (Fsp3) is 0.391. The minimum Gasteiger partial charge on any atom is -0.489 e. The average molecular weight is 557 g/mol. The minimum absolute atomic E-state index is 0. The largest absolute Gasteiger partial charge is 0.489 e. The molecule has 6 nitrogen and oxygen atoms in total. The highest BCUT2D eigenvalue weighted by molar-refractivity contribution is 14.0. The maximum absolute atomic E-state index is 11.8. The number of benzene rings is 2. The second kappa shape index (κ2) is 12.8. The van der Waals surface area contributed by atoms with Gasteiger partial charge in [0.25, 0.3) is 0 Å². The van der Waals surface area contributed by atoms with E-state index in [2.05, 4.69) is 33.8 Å². The van der Waals surface area contributed by atoms with Gasteiger partial charge in [-0.05, 0) is 48.7 Å². The van der Waals surface area contributed by atoms with Crippen LogP contribution in [0.5, 0.6) is 5.75 Å². The molecule has 2 aromatic rings. The lowest BCUT2D eigenvalue weighted by Gasteiger charge is -2.18. The molecule has 1 aliphatic heterocycles. The van der Waals surface area contributed by atoms with Crippen LogP contribution in [-0.4, -0.2) is 43.0 Å². The smallest absolute Gasteiger partial charge is 0.222 e. The van der Waals surface area contributed by atoms with Crippen LogP contribution in [0.25, 0.3) is 0 Å². The van der Waals surface area contributed by atoms with Crippen LogP contribution in [0.4, 0.5) is 0 Å². The zero-order valence-electron chi connectivity index (χ0n) is 17.9. The van der Waals surface area contributed by atoms with E-state index in [0.717, 1.165) is 29.8 Å². The molecule has 8 heteroatoms. The highest BCUT2D eigenvalue weighted by Gasteiger charge is 2.19. The summed E-state index contributed by atoms with van der Waals surface area (Å²) < 4.78 is 5.88. The Morgan fingerprint density at radius 1 is 1.19 bits per heavy atom. The Labute approximate surface area is 206 Å². The Bertz CT molecular complexity index is 876. The van der Waals surface area contributed by atoms with Gasteiger partial charge in [-0.1, -0.05) is 35.9 Å². The summed E-state index contributed by atoms with van der Waals surface area (Å²) in [5.41, 5.74) is 2.30. The van der Waals surface area contributed by atoms with Crippen LogP contribution in [0, 0.1) is 0 Å². The number of halogens is 2. The van der Waals surface area contributed by atoms with E-state index in [1.54, 1.807) is 7.05 Å². The monoisotopic (exact) mass is 556 g/mol. The number of likely N-dealkylation sites (tertiary alicyclic amines) is 1. The first-order valence-electron chi connectivity index (χ1n) is 10.3. The van der Waals surface area contributed by atoms with Crippen LogP contribution in [0.15, 0.2) is 53.5 Å². The van der Waals surface area contributed by atoms with Crippen LogP contribution in [0.3, 0.4) is 0 Å². The zero-order valence-corrected chi connectivity index (χ0v) is 21.0. The molecule has 0 saturated carbocycles. The summed E-state index contributed by atoms with van der Waals surface area (Å²) in [7, 11) is 1.75. The van der Waals surface area contributed by atoms with Crippen molar-refractivity contribution in [1.82, 2.24) is 15.5 Å². The fourth-order valence-corrected chi connectivity index (χ4v) is 3.49. The maximum Gasteiger partial charge on any atom is 0.222 e. The summed E-state index contributed by atoms with van der Waals surface area (Å²) in [4.78, 5) is 18.1. The van der Waals surface area contributed by atoms with Crippen molar-refractivity contribution in [2.24, 2.45) is 4.99 Å². The SMILES string of the molecule is CN=C(NCc1cccc(CN2CCCC2=O)c1)NCC(C)Oc1ccc(Cl)cc1.I. The van der Waals surface area contributed by atoms with Crippen LogP contribution in [-0.2, 0) is 17.9 Å². The third-order valence-corrected chi connectivity index (χ3v) is 5.18. The lowest BCUT2D eigenvalue weighted by molar-refractivity contribution is -0.128. The molecule has 1 amide bonds. The first kappa shape index (κ1) is 25.3. The van der Waals surface area contributed by atoms with E-state index in [-0.39, 0.29) is 36.0 Å². The number of aliphatic imine (C=N–C) groups is 1. The number of amides is 1. The highest BCUT2D eigenvalue weighted by Crippen LogP contribution is 2.17. The summed E-state index contributed by atoms with van der Waals surface area (Å²) in [6.07, 6.45) is 1.59. The molecule has 1 heterocycles. The predicted molar refractivity (Wildman–Crippen MR) is 136 cm³/mol. The Balaban J connectivity index is 0.00000341. The number of hydrogen-bond donors (Lipinski definition) is 2. The number of nitrogens with zero attached hydrogens (tertiary/aromatic N) is 2.